The summed E-state index contributed by atoms with van der Waals surface area (Å²) >= 11 is 0. The molecule has 1 aromatic rings. The van der Waals surface area contributed by atoms with E-state index in [1.54, 1.807) is 0 Å². The minimum absolute atomic E-state index is 0.0628. The van der Waals surface area contributed by atoms with E-state index in [1.165, 1.54) is 19.3 Å². The van der Waals surface area contributed by atoms with E-state index in [0.717, 1.165) is 18.4 Å². The molecule has 0 aliphatic heterocycles. The molecule has 0 heterocycles. The van der Waals surface area contributed by atoms with E-state index in [9.17, 15) is 4.79 Å². The highest BCUT2D eigenvalue weighted by Gasteiger charge is 2.13. The summed E-state index contributed by atoms with van der Waals surface area (Å²) < 4.78 is 5.33. The fourth-order valence-electron chi connectivity index (χ4n) is 2.17. The van der Waals surface area contributed by atoms with E-state index in [-0.39, 0.29) is 5.97 Å². The number of rotatable bonds is 9. The van der Waals surface area contributed by atoms with E-state index in [0.29, 0.717) is 18.9 Å². The third kappa shape index (κ3) is 7.00. The minimum Gasteiger partial charge on any atom is -0.461 e. The Morgan fingerprint density at radius 3 is 2.53 bits per heavy atom. The lowest BCUT2D eigenvalue weighted by molar-refractivity contribution is -0.146. The van der Waals surface area contributed by atoms with Crippen molar-refractivity contribution in [1.29, 1.82) is 0 Å². The zero-order chi connectivity index (χ0) is 13.9. The Hall–Kier alpha value is -1.31. The van der Waals surface area contributed by atoms with E-state index in [2.05, 4.69) is 13.8 Å². The molecule has 0 N–H and O–H groups in total. The lowest BCUT2D eigenvalue weighted by atomic mass is 9.95. The Morgan fingerprint density at radius 2 is 1.89 bits per heavy atom. The van der Waals surface area contributed by atoms with Crippen molar-refractivity contribution in [2.75, 3.05) is 0 Å². The van der Waals surface area contributed by atoms with Gasteiger partial charge in [0.15, 0.2) is 0 Å². The molecule has 0 saturated carbocycles. The standard InChI is InChI=1S/C17H26O2/c1-3-5-7-10-15(4-2)13-17(18)19-14-16-11-8-6-9-12-16/h6,8-9,11-12,15H,3-5,7,10,13-14H2,1-2H3. The molecule has 1 aromatic carbocycles. The fourth-order valence-corrected chi connectivity index (χ4v) is 2.17. The van der Waals surface area contributed by atoms with Gasteiger partial charge in [0.05, 0.1) is 0 Å². The molecule has 0 fully saturated rings. The van der Waals surface area contributed by atoms with Gasteiger partial charge in [0.25, 0.3) is 0 Å². The van der Waals surface area contributed by atoms with Gasteiger partial charge in [0.1, 0.15) is 6.61 Å². The topological polar surface area (TPSA) is 26.3 Å². The monoisotopic (exact) mass is 262 g/mol. The molecule has 0 bridgehead atoms. The van der Waals surface area contributed by atoms with Gasteiger partial charge in [-0.3, -0.25) is 4.79 Å². The molecule has 0 aliphatic rings. The molecule has 0 radical (unpaired) electrons. The number of ether oxygens (including phenoxy) is 1. The molecule has 1 atom stereocenters. The van der Waals surface area contributed by atoms with Crippen LogP contribution < -0.4 is 0 Å². The Balaban J connectivity index is 2.25. The first-order valence-corrected chi connectivity index (χ1v) is 7.45. The zero-order valence-corrected chi connectivity index (χ0v) is 12.2. The van der Waals surface area contributed by atoms with Gasteiger partial charge >= 0.3 is 5.97 Å². The van der Waals surface area contributed by atoms with Crippen molar-refractivity contribution in [2.45, 2.75) is 59.0 Å². The summed E-state index contributed by atoms with van der Waals surface area (Å²) in [5.74, 6) is 0.419. The predicted octanol–water partition coefficient (Wildman–Crippen LogP) is 4.73. The summed E-state index contributed by atoms with van der Waals surface area (Å²) in [4.78, 5) is 11.8. The summed E-state index contributed by atoms with van der Waals surface area (Å²) in [6.45, 7) is 4.75. The van der Waals surface area contributed by atoms with Gasteiger partial charge in [0.2, 0.25) is 0 Å². The van der Waals surface area contributed by atoms with Crippen molar-refractivity contribution < 1.29 is 9.53 Å². The lowest BCUT2D eigenvalue weighted by Crippen LogP contribution is -2.11. The molecule has 0 aliphatic carbocycles. The molecule has 19 heavy (non-hydrogen) atoms. The van der Waals surface area contributed by atoms with Crippen LogP contribution in [0, 0.1) is 5.92 Å². The smallest absolute Gasteiger partial charge is 0.306 e. The molecule has 106 valence electrons. The predicted molar refractivity (Wildman–Crippen MR) is 78.8 cm³/mol. The van der Waals surface area contributed by atoms with Crippen LogP contribution in [0.15, 0.2) is 30.3 Å². The SMILES string of the molecule is CCCCCC(CC)CC(=O)OCc1ccccc1. The van der Waals surface area contributed by atoms with E-state index >= 15 is 0 Å². The summed E-state index contributed by atoms with van der Waals surface area (Å²) in [5, 5.41) is 0. The quantitative estimate of drug-likeness (QED) is 0.475. The highest BCUT2D eigenvalue weighted by molar-refractivity contribution is 5.69. The maximum absolute atomic E-state index is 11.8. The van der Waals surface area contributed by atoms with Gasteiger partial charge in [-0.05, 0) is 17.9 Å². The minimum atomic E-state index is -0.0628. The third-order valence-corrected chi connectivity index (χ3v) is 3.49. The Kier molecular flexibility index (Phi) is 7.95. The third-order valence-electron chi connectivity index (χ3n) is 3.49. The van der Waals surface area contributed by atoms with Crippen LogP contribution in [-0.4, -0.2) is 5.97 Å². The molecule has 0 aromatic heterocycles. The lowest BCUT2D eigenvalue weighted by Gasteiger charge is -2.13. The summed E-state index contributed by atoms with van der Waals surface area (Å²) in [7, 11) is 0. The zero-order valence-electron chi connectivity index (χ0n) is 12.2. The van der Waals surface area contributed by atoms with Crippen LogP contribution in [0.2, 0.25) is 0 Å². The highest BCUT2D eigenvalue weighted by Crippen LogP contribution is 2.18. The second-order valence-electron chi connectivity index (χ2n) is 5.12. The molecular weight excluding hydrogens is 236 g/mol. The van der Waals surface area contributed by atoms with Gasteiger partial charge in [-0.1, -0.05) is 69.9 Å². The van der Waals surface area contributed by atoms with Crippen molar-refractivity contribution in [1.82, 2.24) is 0 Å². The van der Waals surface area contributed by atoms with Crippen molar-refractivity contribution in [3.05, 3.63) is 35.9 Å². The molecule has 2 heteroatoms. The Morgan fingerprint density at radius 1 is 1.16 bits per heavy atom. The number of esters is 1. The van der Waals surface area contributed by atoms with Gasteiger partial charge < -0.3 is 4.74 Å². The van der Waals surface area contributed by atoms with E-state index in [1.807, 2.05) is 30.3 Å². The van der Waals surface area contributed by atoms with Crippen molar-refractivity contribution >= 4 is 5.97 Å². The molecule has 0 amide bonds. The van der Waals surface area contributed by atoms with Crippen LogP contribution in [0.4, 0.5) is 0 Å². The van der Waals surface area contributed by atoms with Crippen LogP contribution in [0.25, 0.3) is 0 Å². The Bertz CT molecular complexity index is 346. The number of hydrogen-bond acceptors (Lipinski definition) is 2. The maximum atomic E-state index is 11.8. The van der Waals surface area contributed by atoms with Gasteiger partial charge in [0, 0.05) is 6.42 Å². The normalized spacial score (nSPS) is 12.1. The summed E-state index contributed by atoms with van der Waals surface area (Å²) in [6.07, 6.45) is 6.48. The second-order valence-corrected chi connectivity index (χ2v) is 5.12. The van der Waals surface area contributed by atoms with Crippen molar-refractivity contribution in [3.8, 4) is 0 Å². The first kappa shape index (κ1) is 15.7. The van der Waals surface area contributed by atoms with Crippen LogP contribution >= 0.6 is 0 Å². The van der Waals surface area contributed by atoms with Gasteiger partial charge in [-0.15, -0.1) is 0 Å². The van der Waals surface area contributed by atoms with Gasteiger partial charge in [-0.25, -0.2) is 0 Å². The van der Waals surface area contributed by atoms with Gasteiger partial charge in [-0.2, -0.15) is 0 Å². The van der Waals surface area contributed by atoms with Crippen molar-refractivity contribution in [3.63, 3.8) is 0 Å². The molecule has 0 saturated heterocycles. The van der Waals surface area contributed by atoms with Crippen LogP contribution in [0.3, 0.4) is 0 Å². The molecule has 1 rings (SSSR count). The second kappa shape index (κ2) is 9.60. The van der Waals surface area contributed by atoms with E-state index in [4.69, 9.17) is 4.74 Å². The summed E-state index contributed by atoms with van der Waals surface area (Å²) in [6, 6.07) is 9.84. The average molecular weight is 262 g/mol. The van der Waals surface area contributed by atoms with Crippen molar-refractivity contribution in [2.24, 2.45) is 5.92 Å². The van der Waals surface area contributed by atoms with Crippen LogP contribution in [0.1, 0.15) is 57.9 Å². The molecular formula is C17H26O2. The molecule has 2 nitrogen and oxygen atoms in total. The first-order valence-electron chi connectivity index (χ1n) is 7.45. The number of hydrogen-bond donors (Lipinski definition) is 0. The maximum Gasteiger partial charge on any atom is 0.306 e. The van der Waals surface area contributed by atoms with E-state index < -0.39 is 0 Å². The summed E-state index contributed by atoms with van der Waals surface area (Å²) in [5.41, 5.74) is 1.05. The highest BCUT2D eigenvalue weighted by atomic mass is 16.5. The molecule has 0 spiro atoms. The first-order chi connectivity index (χ1) is 9.26. The van der Waals surface area contributed by atoms with Crippen LogP contribution in [-0.2, 0) is 16.1 Å². The number of unbranched alkanes of at least 4 members (excludes halogenated alkanes) is 2. The van der Waals surface area contributed by atoms with Crippen LogP contribution in [0.5, 0.6) is 0 Å². The number of carbonyl (C=O) groups excluding carboxylic acids is 1. The average Bonchev–Trinajstić information content (AvgIpc) is 2.45. The largest absolute Gasteiger partial charge is 0.461 e. The number of carbonyl (C=O) groups is 1. The number of benzene rings is 1. The Labute approximate surface area is 117 Å². The molecule has 1 unspecified atom stereocenters. The fraction of sp³-hybridized carbons (Fsp3) is 0.588.